The van der Waals surface area contributed by atoms with Crippen molar-refractivity contribution in [3.63, 3.8) is 0 Å². The molecule has 162 valence electrons. The van der Waals surface area contributed by atoms with E-state index in [9.17, 15) is 17.6 Å². The lowest BCUT2D eigenvalue weighted by Crippen LogP contribution is -2.50. The number of rotatable bonds is 7. The maximum Gasteiger partial charge on any atom is 0.238 e. The van der Waals surface area contributed by atoms with E-state index in [0.29, 0.717) is 50.4 Å². The average molecular weight is 437 g/mol. The maximum absolute atomic E-state index is 13.3. The summed E-state index contributed by atoms with van der Waals surface area (Å²) in [5, 5.41) is 0. The van der Waals surface area contributed by atoms with Crippen molar-refractivity contribution in [2.75, 3.05) is 43.4 Å². The standard InChI is InChI=1S/C20H25FN4O4S/c1-15(2)12-29-19-11-18(22-14-23-19)24-6-8-25(9-7-24)20(26)13-30(27,28)17-5-3-4-16(21)10-17/h3-5,10-11,14-15H,6-9,12-13H2,1-2H3. The summed E-state index contributed by atoms with van der Waals surface area (Å²) in [4.78, 5) is 24.2. The van der Waals surface area contributed by atoms with Crippen LogP contribution in [0.3, 0.4) is 0 Å². The summed E-state index contributed by atoms with van der Waals surface area (Å²) in [6.45, 7) is 6.39. The molecule has 0 spiro atoms. The van der Waals surface area contributed by atoms with E-state index in [1.54, 1.807) is 6.07 Å². The summed E-state index contributed by atoms with van der Waals surface area (Å²) < 4.78 is 43.8. The van der Waals surface area contributed by atoms with Gasteiger partial charge in [-0.05, 0) is 24.1 Å². The van der Waals surface area contributed by atoms with Gasteiger partial charge in [0.15, 0.2) is 9.84 Å². The molecule has 1 saturated heterocycles. The molecule has 0 bridgehead atoms. The predicted molar refractivity (Wildman–Crippen MR) is 110 cm³/mol. The third-order valence-corrected chi connectivity index (χ3v) is 6.22. The number of hydrogen-bond donors (Lipinski definition) is 0. The van der Waals surface area contributed by atoms with Crippen molar-refractivity contribution in [1.82, 2.24) is 14.9 Å². The summed E-state index contributed by atoms with van der Waals surface area (Å²) >= 11 is 0. The molecule has 0 radical (unpaired) electrons. The number of piperazine rings is 1. The first-order chi connectivity index (χ1) is 14.2. The van der Waals surface area contributed by atoms with Gasteiger partial charge in [-0.25, -0.2) is 22.8 Å². The van der Waals surface area contributed by atoms with Gasteiger partial charge in [-0.3, -0.25) is 4.79 Å². The van der Waals surface area contributed by atoms with Gasteiger partial charge in [0, 0.05) is 32.2 Å². The van der Waals surface area contributed by atoms with Gasteiger partial charge in [-0.15, -0.1) is 0 Å². The summed E-state index contributed by atoms with van der Waals surface area (Å²) in [6.07, 6.45) is 1.44. The first-order valence-corrected chi connectivity index (χ1v) is 11.4. The Morgan fingerprint density at radius 1 is 1.17 bits per heavy atom. The molecule has 0 unspecified atom stereocenters. The van der Waals surface area contributed by atoms with Crippen LogP contribution < -0.4 is 9.64 Å². The van der Waals surface area contributed by atoms with E-state index >= 15 is 0 Å². The molecule has 10 heteroatoms. The molecule has 1 aromatic heterocycles. The number of sulfone groups is 1. The average Bonchev–Trinajstić information content (AvgIpc) is 2.72. The Morgan fingerprint density at radius 2 is 1.90 bits per heavy atom. The van der Waals surface area contributed by atoms with Crippen LogP contribution in [0.4, 0.5) is 10.2 Å². The van der Waals surface area contributed by atoms with Crippen molar-refractivity contribution in [1.29, 1.82) is 0 Å². The van der Waals surface area contributed by atoms with E-state index in [2.05, 4.69) is 9.97 Å². The van der Waals surface area contributed by atoms with E-state index in [0.717, 1.165) is 12.1 Å². The lowest BCUT2D eigenvalue weighted by molar-refractivity contribution is -0.128. The van der Waals surface area contributed by atoms with Gasteiger partial charge in [0.25, 0.3) is 0 Å². The minimum Gasteiger partial charge on any atom is -0.477 e. The fourth-order valence-electron chi connectivity index (χ4n) is 3.02. The molecule has 0 atom stereocenters. The SMILES string of the molecule is CC(C)COc1cc(N2CCN(C(=O)CS(=O)(=O)c3cccc(F)c3)CC2)ncn1. The fraction of sp³-hybridized carbons (Fsp3) is 0.450. The normalized spacial score (nSPS) is 14.8. The van der Waals surface area contributed by atoms with Gasteiger partial charge < -0.3 is 14.5 Å². The van der Waals surface area contributed by atoms with Crippen LogP contribution in [0, 0.1) is 11.7 Å². The monoisotopic (exact) mass is 436 g/mol. The third kappa shape index (κ3) is 5.65. The summed E-state index contributed by atoms with van der Waals surface area (Å²) in [5.41, 5.74) is 0. The van der Waals surface area contributed by atoms with Crippen molar-refractivity contribution in [3.8, 4) is 5.88 Å². The van der Waals surface area contributed by atoms with E-state index in [1.807, 2.05) is 18.7 Å². The van der Waals surface area contributed by atoms with Crippen LogP contribution in [0.25, 0.3) is 0 Å². The molecule has 0 N–H and O–H groups in total. The fourth-order valence-corrected chi connectivity index (χ4v) is 4.27. The van der Waals surface area contributed by atoms with Crippen LogP contribution in [0.1, 0.15) is 13.8 Å². The molecule has 1 aliphatic heterocycles. The molecular formula is C20H25FN4O4S. The first kappa shape index (κ1) is 21.9. The largest absolute Gasteiger partial charge is 0.477 e. The second-order valence-electron chi connectivity index (χ2n) is 7.50. The number of anilines is 1. The number of aromatic nitrogens is 2. The summed E-state index contributed by atoms with van der Waals surface area (Å²) in [7, 11) is -3.90. The number of nitrogens with zero attached hydrogens (tertiary/aromatic N) is 4. The number of ether oxygens (including phenoxy) is 1. The molecule has 1 aromatic carbocycles. The second-order valence-corrected chi connectivity index (χ2v) is 9.49. The van der Waals surface area contributed by atoms with Gasteiger partial charge in [-0.1, -0.05) is 19.9 Å². The highest BCUT2D eigenvalue weighted by Crippen LogP contribution is 2.19. The first-order valence-electron chi connectivity index (χ1n) is 9.70. The zero-order chi connectivity index (χ0) is 21.7. The van der Waals surface area contributed by atoms with Gasteiger partial charge >= 0.3 is 0 Å². The molecule has 1 aliphatic rings. The molecular weight excluding hydrogens is 411 g/mol. The minimum absolute atomic E-state index is 0.190. The van der Waals surface area contributed by atoms with Gasteiger partial charge in [0.1, 0.15) is 23.7 Å². The lowest BCUT2D eigenvalue weighted by Gasteiger charge is -2.35. The molecule has 1 amide bonds. The van der Waals surface area contributed by atoms with Crippen LogP contribution in [-0.4, -0.2) is 67.7 Å². The number of amides is 1. The molecule has 30 heavy (non-hydrogen) atoms. The molecule has 2 heterocycles. The maximum atomic E-state index is 13.3. The topological polar surface area (TPSA) is 92.7 Å². The Balaban J connectivity index is 1.57. The quantitative estimate of drug-likeness (QED) is 0.653. The molecule has 0 saturated carbocycles. The van der Waals surface area contributed by atoms with Crippen molar-refractivity contribution < 1.29 is 22.3 Å². The zero-order valence-corrected chi connectivity index (χ0v) is 17.8. The van der Waals surface area contributed by atoms with Crippen LogP contribution in [0.2, 0.25) is 0 Å². The van der Waals surface area contributed by atoms with E-state index in [-0.39, 0.29) is 4.90 Å². The van der Waals surface area contributed by atoms with E-state index in [1.165, 1.54) is 23.4 Å². The molecule has 0 aliphatic carbocycles. The van der Waals surface area contributed by atoms with E-state index < -0.39 is 27.3 Å². The smallest absolute Gasteiger partial charge is 0.238 e. The molecule has 1 fully saturated rings. The third-order valence-electron chi connectivity index (χ3n) is 4.62. The van der Waals surface area contributed by atoms with E-state index in [4.69, 9.17) is 4.74 Å². The highest BCUT2D eigenvalue weighted by molar-refractivity contribution is 7.92. The predicted octanol–water partition coefficient (Wildman–Crippen LogP) is 1.77. The van der Waals surface area contributed by atoms with Crippen LogP contribution in [0.5, 0.6) is 5.88 Å². The van der Waals surface area contributed by atoms with Crippen LogP contribution in [-0.2, 0) is 14.6 Å². The molecule has 2 aromatic rings. The van der Waals surface area contributed by atoms with Gasteiger partial charge in [0.2, 0.25) is 11.8 Å². The number of halogens is 1. The zero-order valence-electron chi connectivity index (χ0n) is 17.0. The minimum atomic E-state index is -3.90. The van der Waals surface area contributed by atoms with Crippen molar-refractivity contribution in [3.05, 3.63) is 42.5 Å². The number of carbonyl (C=O) groups is 1. The van der Waals surface area contributed by atoms with Crippen molar-refractivity contribution >= 4 is 21.6 Å². The Morgan fingerprint density at radius 3 is 2.57 bits per heavy atom. The van der Waals surface area contributed by atoms with Crippen molar-refractivity contribution in [2.24, 2.45) is 5.92 Å². The highest BCUT2D eigenvalue weighted by Gasteiger charge is 2.27. The van der Waals surface area contributed by atoms with Gasteiger partial charge in [0.05, 0.1) is 11.5 Å². The summed E-state index contributed by atoms with van der Waals surface area (Å²) in [6, 6.07) is 6.44. The summed E-state index contributed by atoms with van der Waals surface area (Å²) in [5.74, 6) is -0.267. The van der Waals surface area contributed by atoms with Gasteiger partial charge in [-0.2, -0.15) is 0 Å². The number of carbonyl (C=O) groups excluding carboxylic acids is 1. The Labute approximate surface area is 175 Å². The Kier molecular flexibility index (Phi) is 6.86. The van der Waals surface area contributed by atoms with Crippen LogP contribution in [0.15, 0.2) is 41.6 Å². The van der Waals surface area contributed by atoms with Crippen molar-refractivity contribution in [2.45, 2.75) is 18.7 Å². The van der Waals surface area contributed by atoms with Crippen LogP contribution >= 0.6 is 0 Å². The highest BCUT2D eigenvalue weighted by atomic mass is 32.2. The Hall–Kier alpha value is -2.75. The Bertz CT molecular complexity index is 992. The number of benzene rings is 1. The number of hydrogen-bond acceptors (Lipinski definition) is 7. The molecule has 8 nitrogen and oxygen atoms in total. The molecule has 3 rings (SSSR count). The second kappa shape index (κ2) is 9.38. The lowest BCUT2D eigenvalue weighted by atomic mass is 10.2.